The molecule has 0 bridgehead atoms. The first-order chi connectivity index (χ1) is 15.4. The number of anilines is 1. The van der Waals surface area contributed by atoms with Gasteiger partial charge in [0.25, 0.3) is 5.56 Å². The second-order valence-electron chi connectivity index (χ2n) is 8.94. The molecule has 8 heteroatoms. The fourth-order valence-electron chi connectivity index (χ4n) is 3.56. The summed E-state index contributed by atoms with van der Waals surface area (Å²) in [5.74, 6) is 0.725. The minimum Gasteiger partial charge on any atom is -0.496 e. The third-order valence-electron chi connectivity index (χ3n) is 5.10. The van der Waals surface area contributed by atoms with Crippen LogP contribution in [0.2, 0.25) is 0 Å². The van der Waals surface area contributed by atoms with Crippen LogP contribution in [0.15, 0.2) is 47.5 Å². The molecule has 33 heavy (non-hydrogen) atoms. The van der Waals surface area contributed by atoms with Gasteiger partial charge in [0, 0.05) is 22.9 Å². The number of rotatable bonds is 6. The number of H-pyrrole nitrogens is 1. The van der Waals surface area contributed by atoms with Crippen LogP contribution >= 0.6 is 0 Å². The Bertz CT molecular complexity index is 1370. The zero-order valence-corrected chi connectivity index (χ0v) is 20.5. The Morgan fingerprint density at radius 1 is 1.15 bits per heavy atom. The maximum Gasteiger partial charge on any atom is 0.255 e. The Kier molecular flexibility index (Phi) is 6.78. The molecular formula is C25H29N3O4S. The van der Waals surface area contributed by atoms with Crippen LogP contribution in [0.3, 0.4) is 0 Å². The van der Waals surface area contributed by atoms with Gasteiger partial charge in [-0.1, -0.05) is 20.8 Å². The van der Waals surface area contributed by atoms with Gasteiger partial charge in [0.2, 0.25) is 10.0 Å². The van der Waals surface area contributed by atoms with Crippen molar-refractivity contribution in [2.75, 3.05) is 18.1 Å². The first kappa shape index (κ1) is 24.3. The lowest BCUT2D eigenvalue weighted by molar-refractivity contribution is 0.397. The van der Waals surface area contributed by atoms with E-state index in [1.165, 1.54) is 6.20 Å². The van der Waals surface area contributed by atoms with Crippen molar-refractivity contribution in [2.45, 2.75) is 33.1 Å². The van der Waals surface area contributed by atoms with Gasteiger partial charge < -0.3 is 9.72 Å². The molecule has 0 radical (unpaired) electrons. The second kappa shape index (κ2) is 9.23. The first-order valence-electron chi connectivity index (χ1n) is 10.4. The first-order valence-corrected chi connectivity index (χ1v) is 12.3. The molecule has 0 aliphatic carbocycles. The number of methoxy groups -OCH3 is 1. The molecule has 0 spiro atoms. The van der Waals surface area contributed by atoms with Gasteiger partial charge in [-0.05, 0) is 65.9 Å². The number of benzene rings is 1. The molecule has 0 saturated heterocycles. The summed E-state index contributed by atoms with van der Waals surface area (Å²) in [6.45, 7) is 8.14. The van der Waals surface area contributed by atoms with E-state index in [2.05, 4.69) is 35.5 Å². The third kappa shape index (κ3) is 5.90. The molecule has 2 aromatic heterocycles. The summed E-state index contributed by atoms with van der Waals surface area (Å²) < 4.78 is 31.2. The minimum atomic E-state index is -3.38. The molecular weight excluding hydrogens is 438 g/mol. The van der Waals surface area contributed by atoms with Crippen LogP contribution in [0, 0.1) is 6.92 Å². The maximum atomic E-state index is 12.4. The highest BCUT2D eigenvalue weighted by Gasteiger charge is 2.22. The number of sulfonamides is 1. The van der Waals surface area contributed by atoms with Gasteiger partial charge >= 0.3 is 0 Å². The Balaban J connectivity index is 2.12. The summed E-state index contributed by atoms with van der Waals surface area (Å²) in [5.41, 5.74) is 4.67. The molecule has 1 aromatic carbocycles. The minimum absolute atomic E-state index is 0.163. The third-order valence-corrected chi connectivity index (χ3v) is 5.71. The zero-order chi connectivity index (χ0) is 24.4. The molecule has 0 aliphatic heterocycles. The van der Waals surface area contributed by atoms with E-state index in [1.807, 2.05) is 31.2 Å². The van der Waals surface area contributed by atoms with Crippen LogP contribution < -0.4 is 15.0 Å². The fourth-order valence-corrected chi connectivity index (χ4v) is 4.10. The SMILES string of the molecule is COc1c(C=Cc2ncc(NS(C)(=O)=O)cc2C)cc(-c2ccc[nH]c2=O)cc1C(C)(C)C. The van der Waals surface area contributed by atoms with Crippen LogP contribution in [0.4, 0.5) is 5.69 Å². The molecule has 3 rings (SSSR count). The molecule has 0 fully saturated rings. The van der Waals surface area contributed by atoms with E-state index in [4.69, 9.17) is 4.74 Å². The molecule has 0 amide bonds. The lowest BCUT2D eigenvalue weighted by Crippen LogP contribution is -2.15. The van der Waals surface area contributed by atoms with Crippen molar-refractivity contribution in [2.24, 2.45) is 0 Å². The van der Waals surface area contributed by atoms with Crippen molar-refractivity contribution in [3.05, 3.63) is 75.5 Å². The lowest BCUT2D eigenvalue weighted by Gasteiger charge is -2.24. The Morgan fingerprint density at radius 3 is 2.45 bits per heavy atom. The molecule has 0 atom stereocenters. The molecule has 0 saturated carbocycles. The molecule has 2 N–H and O–H groups in total. The summed E-state index contributed by atoms with van der Waals surface area (Å²) in [5, 5.41) is 0. The number of nitrogens with one attached hydrogen (secondary N) is 2. The van der Waals surface area contributed by atoms with E-state index in [9.17, 15) is 13.2 Å². The average molecular weight is 468 g/mol. The van der Waals surface area contributed by atoms with E-state index in [1.54, 1.807) is 31.5 Å². The van der Waals surface area contributed by atoms with Crippen molar-refractivity contribution in [3.8, 4) is 16.9 Å². The highest BCUT2D eigenvalue weighted by atomic mass is 32.2. The van der Waals surface area contributed by atoms with Crippen molar-refractivity contribution in [1.82, 2.24) is 9.97 Å². The molecule has 2 heterocycles. The van der Waals surface area contributed by atoms with Crippen LogP contribution in [0.1, 0.15) is 43.2 Å². The number of hydrogen-bond acceptors (Lipinski definition) is 5. The highest BCUT2D eigenvalue weighted by molar-refractivity contribution is 7.92. The lowest BCUT2D eigenvalue weighted by atomic mass is 9.83. The molecule has 7 nitrogen and oxygen atoms in total. The Morgan fingerprint density at radius 2 is 1.88 bits per heavy atom. The van der Waals surface area contributed by atoms with Gasteiger partial charge in [0.15, 0.2) is 0 Å². The van der Waals surface area contributed by atoms with Crippen LogP contribution in [0.25, 0.3) is 23.3 Å². The van der Waals surface area contributed by atoms with Crippen molar-refractivity contribution in [1.29, 1.82) is 0 Å². The molecule has 0 unspecified atom stereocenters. The van der Waals surface area contributed by atoms with Gasteiger partial charge in [-0.25, -0.2) is 8.42 Å². The summed E-state index contributed by atoms with van der Waals surface area (Å²) in [4.78, 5) is 19.6. The van der Waals surface area contributed by atoms with Crippen molar-refractivity contribution < 1.29 is 13.2 Å². The fraction of sp³-hybridized carbons (Fsp3) is 0.280. The summed E-state index contributed by atoms with van der Waals surface area (Å²) in [6.07, 6.45) is 7.93. The van der Waals surface area contributed by atoms with Gasteiger partial charge in [0.1, 0.15) is 5.75 Å². The molecule has 174 valence electrons. The van der Waals surface area contributed by atoms with Crippen molar-refractivity contribution in [3.63, 3.8) is 0 Å². The predicted octanol–water partition coefficient (Wildman–Crippen LogP) is 4.59. The number of pyridine rings is 2. The number of aromatic nitrogens is 2. The Hall–Kier alpha value is -3.39. The van der Waals surface area contributed by atoms with Crippen molar-refractivity contribution >= 4 is 27.9 Å². The monoisotopic (exact) mass is 467 g/mol. The summed E-state index contributed by atoms with van der Waals surface area (Å²) >= 11 is 0. The predicted molar refractivity (Wildman–Crippen MR) is 134 cm³/mol. The smallest absolute Gasteiger partial charge is 0.255 e. The largest absolute Gasteiger partial charge is 0.496 e. The number of hydrogen-bond donors (Lipinski definition) is 2. The van der Waals surface area contributed by atoms with E-state index < -0.39 is 10.0 Å². The number of nitrogens with zero attached hydrogens (tertiary/aromatic N) is 1. The highest BCUT2D eigenvalue weighted by Crippen LogP contribution is 2.38. The van der Waals surface area contributed by atoms with Crippen LogP contribution in [0.5, 0.6) is 5.75 Å². The summed E-state index contributed by atoms with van der Waals surface area (Å²) in [7, 11) is -1.75. The Labute approximate surface area is 194 Å². The number of aryl methyl sites for hydroxylation is 1. The van der Waals surface area contributed by atoms with Crippen LogP contribution in [-0.4, -0.2) is 31.8 Å². The van der Waals surface area contributed by atoms with Gasteiger partial charge in [-0.3, -0.25) is 14.5 Å². The normalized spacial score (nSPS) is 12.2. The quantitative estimate of drug-likeness (QED) is 0.552. The standard InChI is InChI=1S/C25H29N3O4S/c1-16-12-19(28-33(6,30)31)15-27-22(16)10-9-17-13-18(20-8-7-11-26-24(20)29)14-21(23(17)32-5)25(2,3)4/h7-15,28H,1-6H3,(H,26,29). The maximum absolute atomic E-state index is 12.4. The topological polar surface area (TPSA) is 101 Å². The van der Waals surface area contributed by atoms with E-state index in [0.717, 1.165) is 34.3 Å². The average Bonchev–Trinajstić information content (AvgIpc) is 2.71. The number of ether oxygens (including phenoxy) is 1. The van der Waals surface area contributed by atoms with E-state index >= 15 is 0 Å². The van der Waals surface area contributed by atoms with Crippen LogP contribution in [-0.2, 0) is 15.4 Å². The van der Waals surface area contributed by atoms with Gasteiger partial charge in [-0.2, -0.15) is 0 Å². The van der Waals surface area contributed by atoms with E-state index in [0.29, 0.717) is 16.9 Å². The zero-order valence-electron chi connectivity index (χ0n) is 19.7. The van der Waals surface area contributed by atoms with Gasteiger partial charge in [0.05, 0.1) is 30.9 Å². The molecule has 3 aromatic rings. The number of aromatic amines is 1. The summed E-state index contributed by atoms with van der Waals surface area (Å²) in [6, 6.07) is 9.23. The molecule has 0 aliphatic rings. The van der Waals surface area contributed by atoms with E-state index in [-0.39, 0.29) is 11.0 Å². The van der Waals surface area contributed by atoms with Gasteiger partial charge in [-0.15, -0.1) is 0 Å². The second-order valence-corrected chi connectivity index (χ2v) is 10.7.